The number of methoxy groups -OCH3 is 1. The molecule has 162 valence electrons. The summed E-state index contributed by atoms with van der Waals surface area (Å²) in [5.41, 5.74) is 1.53. The van der Waals surface area contributed by atoms with E-state index in [-0.39, 0.29) is 23.9 Å². The lowest BCUT2D eigenvalue weighted by Crippen LogP contribution is -2.30. The van der Waals surface area contributed by atoms with Crippen LogP contribution in [0.2, 0.25) is 0 Å². The van der Waals surface area contributed by atoms with Gasteiger partial charge in [0.25, 0.3) is 0 Å². The Morgan fingerprint density at radius 1 is 1.03 bits per heavy atom. The topological polar surface area (TPSA) is 66.9 Å². The van der Waals surface area contributed by atoms with Crippen LogP contribution in [0.3, 0.4) is 0 Å². The molecule has 0 atom stereocenters. The highest BCUT2D eigenvalue weighted by Gasteiger charge is 2.27. The standard InChI is InChI=1S/C23H24N2O4S2/c1-29-22-8-3-2-6-18(22)16-24(17-20-7-5-15-30-20)31(27,28)21-12-10-19(11-13-21)25-14-4-9-23(25)26/h2-3,5-8,10-13,15H,4,9,14,16-17H2,1H3. The summed E-state index contributed by atoms with van der Waals surface area (Å²) in [4.78, 5) is 14.9. The minimum absolute atomic E-state index is 0.0751. The summed E-state index contributed by atoms with van der Waals surface area (Å²) in [5, 5.41) is 1.94. The average molecular weight is 457 g/mol. The Balaban J connectivity index is 1.65. The second kappa shape index (κ2) is 9.21. The first-order valence-corrected chi connectivity index (χ1v) is 12.4. The molecule has 0 spiro atoms. The first kappa shape index (κ1) is 21.5. The van der Waals surface area contributed by atoms with Crippen LogP contribution in [0.4, 0.5) is 5.69 Å². The van der Waals surface area contributed by atoms with Crippen LogP contribution in [0, 0.1) is 0 Å². The third-order valence-corrected chi connectivity index (χ3v) is 7.98. The van der Waals surface area contributed by atoms with E-state index in [9.17, 15) is 13.2 Å². The lowest BCUT2D eigenvalue weighted by Gasteiger charge is -2.23. The number of anilines is 1. The van der Waals surface area contributed by atoms with E-state index in [1.165, 1.54) is 15.6 Å². The number of carbonyl (C=O) groups is 1. The fraction of sp³-hybridized carbons (Fsp3) is 0.261. The lowest BCUT2D eigenvalue weighted by molar-refractivity contribution is -0.117. The van der Waals surface area contributed by atoms with Crippen molar-refractivity contribution in [2.75, 3.05) is 18.6 Å². The summed E-state index contributed by atoms with van der Waals surface area (Å²) in [6.45, 7) is 1.13. The van der Waals surface area contributed by atoms with E-state index >= 15 is 0 Å². The fourth-order valence-electron chi connectivity index (χ4n) is 3.69. The van der Waals surface area contributed by atoms with E-state index < -0.39 is 10.0 Å². The number of amides is 1. The van der Waals surface area contributed by atoms with Gasteiger partial charge in [0, 0.05) is 42.2 Å². The molecular formula is C23H24N2O4S2. The summed E-state index contributed by atoms with van der Waals surface area (Å²) in [6.07, 6.45) is 1.36. The van der Waals surface area contributed by atoms with Crippen molar-refractivity contribution in [3.05, 3.63) is 76.5 Å². The van der Waals surface area contributed by atoms with E-state index in [1.807, 2.05) is 41.8 Å². The first-order chi connectivity index (χ1) is 15.0. The molecule has 3 aromatic rings. The maximum absolute atomic E-state index is 13.6. The van der Waals surface area contributed by atoms with Gasteiger partial charge in [-0.15, -0.1) is 11.3 Å². The molecule has 1 amide bonds. The zero-order valence-electron chi connectivity index (χ0n) is 17.2. The largest absolute Gasteiger partial charge is 0.496 e. The molecule has 0 bridgehead atoms. The molecule has 1 aliphatic heterocycles. The van der Waals surface area contributed by atoms with Gasteiger partial charge in [-0.1, -0.05) is 24.3 Å². The van der Waals surface area contributed by atoms with E-state index in [4.69, 9.17) is 4.74 Å². The van der Waals surface area contributed by atoms with Crippen LogP contribution in [0.15, 0.2) is 70.9 Å². The lowest BCUT2D eigenvalue weighted by atomic mass is 10.2. The Labute approximate surface area is 186 Å². The van der Waals surface area contributed by atoms with Crippen LogP contribution < -0.4 is 9.64 Å². The number of nitrogens with zero attached hydrogens (tertiary/aromatic N) is 2. The van der Waals surface area contributed by atoms with Gasteiger partial charge in [0.2, 0.25) is 15.9 Å². The third-order valence-electron chi connectivity index (χ3n) is 5.31. The van der Waals surface area contributed by atoms with Gasteiger partial charge in [-0.25, -0.2) is 8.42 Å². The quantitative estimate of drug-likeness (QED) is 0.508. The van der Waals surface area contributed by atoms with Gasteiger partial charge in [-0.3, -0.25) is 4.79 Å². The fourth-order valence-corrected chi connectivity index (χ4v) is 5.89. The Hall–Kier alpha value is -2.68. The predicted molar refractivity (Wildman–Crippen MR) is 122 cm³/mol. The number of carbonyl (C=O) groups excluding carboxylic acids is 1. The second-order valence-electron chi connectivity index (χ2n) is 7.31. The van der Waals surface area contributed by atoms with Gasteiger partial charge >= 0.3 is 0 Å². The van der Waals surface area contributed by atoms with Crippen LogP contribution >= 0.6 is 11.3 Å². The van der Waals surface area contributed by atoms with E-state index in [0.29, 0.717) is 18.7 Å². The highest BCUT2D eigenvalue weighted by molar-refractivity contribution is 7.89. The Morgan fingerprint density at radius 2 is 1.81 bits per heavy atom. The average Bonchev–Trinajstić information content (AvgIpc) is 3.45. The van der Waals surface area contributed by atoms with Gasteiger partial charge < -0.3 is 9.64 Å². The number of thiophene rings is 1. The van der Waals surface area contributed by atoms with Gasteiger partial charge in [0.1, 0.15) is 5.75 Å². The molecule has 0 aliphatic carbocycles. The smallest absolute Gasteiger partial charge is 0.243 e. The SMILES string of the molecule is COc1ccccc1CN(Cc1cccs1)S(=O)(=O)c1ccc(N2CCCC2=O)cc1. The molecule has 0 radical (unpaired) electrons. The van der Waals surface area contributed by atoms with Gasteiger partial charge in [-0.2, -0.15) is 4.31 Å². The Bertz CT molecular complexity index is 1140. The molecular weight excluding hydrogens is 432 g/mol. The molecule has 8 heteroatoms. The van der Waals surface area contributed by atoms with Crippen molar-refractivity contribution < 1.29 is 17.9 Å². The van der Waals surface area contributed by atoms with E-state index in [0.717, 1.165) is 22.5 Å². The van der Waals surface area contributed by atoms with Crippen molar-refractivity contribution in [1.29, 1.82) is 0 Å². The van der Waals surface area contributed by atoms with Crippen molar-refractivity contribution >= 4 is 33.0 Å². The molecule has 0 N–H and O–H groups in total. The molecule has 0 saturated carbocycles. The normalized spacial score (nSPS) is 14.4. The van der Waals surface area contributed by atoms with Crippen molar-refractivity contribution in [2.45, 2.75) is 30.8 Å². The molecule has 2 heterocycles. The number of sulfonamides is 1. The predicted octanol–water partition coefficient (Wildman–Crippen LogP) is 4.27. The van der Waals surface area contributed by atoms with Crippen LogP contribution in [0.1, 0.15) is 23.3 Å². The molecule has 31 heavy (non-hydrogen) atoms. The Kier molecular flexibility index (Phi) is 6.41. The number of hydrogen-bond acceptors (Lipinski definition) is 5. The molecule has 4 rings (SSSR count). The number of para-hydroxylation sites is 1. The zero-order chi connectivity index (χ0) is 21.8. The monoisotopic (exact) mass is 456 g/mol. The summed E-state index contributed by atoms with van der Waals surface area (Å²) in [5.74, 6) is 0.725. The molecule has 1 saturated heterocycles. The van der Waals surface area contributed by atoms with Crippen LogP contribution in [0.5, 0.6) is 5.75 Å². The third kappa shape index (κ3) is 4.66. The van der Waals surface area contributed by atoms with E-state index in [2.05, 4.69) is 0 Å². The van der Waals surface area contributed by atoms with Crippen molar-refractivity contribution in [3.63, 3.8) is 0 Å². The van der Waals surface area contributed by atoms with Crippen LogP contribution in [0.25, 0.3) is 0 Å². The molecule has 1 fully saturated rings. The van der Waals surface area contributed by atoms with Crippen molar-refractivity contribution in [3.8, 4) is 5.75 Å². The van der Waals surface area contributed by atoms with Crippen LogP contribution in [-0.2, 0) is 27.9 Å². The summed E-state index contributed by atoms with van der Waals surface area (Å²) in [7, 11) is -2.19. The second-order valence-corrected chi connectivity index (χ2v) is 10.3. The number of rotatable bonds is 8. The highest BCUT2D eigenvalue weighted by atomic mass is 32.2. The molecule has 1 aromatic heterocycles. The minimum atomic E-state index is -3.77. The van der Waals surface area contributed by atoms with Gasteiger partial charge in [0.05, 0.1) is 12.0 Å². The minimum Gasteiger partial charge on any atom is -0.496 e. The maximum Gasteiger partial charge on any atom is 0.243 e. The number of ether oxygens (including phenoxy) is 1. The summed E-state index contributed by atoms with van der Waals surface area (Å²) >= 11 is 1.52. The van der Waals surface area contributed by atoms with E-state index in [1.54, 1.807) is 36.3 Å². The summed E-state index contributed by atoms with van der Waals surface area (Å²) < 4.78 is 34.0. The van der Waals surface area contributed by atoms with Crippen molar-refractivity contribution in [1.82, 2.24) is 4.31 Å². The molecule has 2 aromatic carbocycles. The van der Waals surface area contributed by atoms with Gasteiger partial charge in [0.15, 0.2) is 0 Å². The first-order valence-electron chi connectivity index (χ1n) is 10.0. The number of hydrogen-bond donors (Lipinski definition) is 0. The van der Waals surface area contributed by atoms with Gasteiger partial charge in [-0.05, 0) is 48.2 Å². The zero-order valence-corrected chi connectivity index (χ0v) is 18.9. The number of benzene rings is 2. The maximum atomic E-state index is 13.6. The Morgan fingerprint density at radius 3 is 2.45 bits per heavy atom. The highest BCUT2D eigenvalue weighted by Crippen LogP contribution is 2.28. The van der Waals surface area contributed by atoms with Crippen LogP contribution in [-0.4, -0.2) is 32.3 Å². The molecule has 6 nitrogen and oxygen atoms in total. The molecule has 1 aliphatic rings. The van der Waals surface area contributed by atoms with Crippen molar-refractivity contribution in [2.24, 2.45) is 0 Å². The summed E-state index contributed by atoms with van der Waals surface area (Å²) in [6, 6.07) is 17.9. The molecule has 0 unspecified atom stereocenters.